The summed E-state index contributed by atoms with van der Waals surface area (Å²) in [5.74, 6) is 20.4. The van der Waals surface area contributed by atoms with Gasteiger partial charge in [-0.2, -0.15) is 0 Å². The highest BCUT2D eigenvalue weighted by Gasteiger charge is 2.11. The van der Waals surface area contributed by atoms with E-state index in [4.69, 9.17) is 15.0 Å². The van der Waals surface area contributed by atoms with Gasteiger partial charge in [0.05, 0.1) is 68.3 Å². The minimum absolute atomic E-state index is 0.689. The first-order valence-electron chi connectivity index (χ1n) is 20.9. The van der Waals surface area contributed by atoms with Crippen LogP contribution in [0.4, 0.5) is 0 Å². The SMILES string of the molecule is C(#Cc1cc(-c2ccccn2)nc(-c2ccccn2)c1)c1cc(C#Cc2cc(-c3ccccn3)nc(-c3ccccn3)c2)cc(C#Cc2cc(-c3ccccn3)nc(-c3ccccn3)c2)c1. The van der Waals surface area contributed by atoms with Crippen molar-refractivity contribution in [2.45, 2.75) is 0 Å². The number of aromatic nitrogens is 9. The first-order valence-corrected chi connectivity index (χ1v) is 20.9. The molecular weight excluding hydrogens is 811 g/mol. The van der Waals surface area contributed by atoms with E-state index in [-0.39, 0.29) is 0 Å². The average Bonchev–Trinajstić information content (AvgIpc) is 3.40. The van der Waals surface area contributed by atoms with Gasteiger partial charge in [0.15, 0.2) is 0 Å². The molecule has 0 saturated carbocycles. The fourth-order valence-corrected chi connectivity index (χ4v) is 6.96. The Balaban J connectivity index is 1.09. The number of benzene rings is 1. The maximum Gasteiger partial charge on any atom is 0.0906 e. The summed E-state index contributed by atoms with van der Waals surface area (Å²) in [6.45, 7) is 0. The lowest BCUT2D eigenvalue weighted by atomic mass is 10.0. The molecule has 0 fully saturated rings. The summed E-state index contributed by atoms with van der Waals surface area (Å²) >= 11 is 0. The summed E-state index contributed by atoms with van der Waals surface area (Å²) in [6.07, 6.45) is 10.5. The predicted molar refractivity (Wildman–Crippen MR) is 256 cm³/mol. The number of nitrogens with zero attached hydrogens (tertiary/aromatic N) is 9. The van der Waals surface area contributed by atoms with Gasteiger partial charge < -0.3 is 0 Å². The highest BCUT2D eigenvalue weighted by Crippen LogP contribution is 2.26. The van der Waals surface area contributed by atoms with E-state index in [0.717, 1.165) is 67.5 Å². The van der Waals surface area contributed by atoms with E-state index in [1.54, 1.807) is 37.2 Å². The molecule has 0 aliphatic rings. The summed E-state index contributed by atoms with van der Waals surface area (Å²) in [5.41, 5.74) is 12.9. The van der Waals surface area contributed by atoms with Gasteiger partial charge in [0, 0.05) is 70.6 Å². The van der Waals surface area contributed by atoms with E-state index >= 15 is 0 Å². The molecule has 0 aliphatic heterocycles. The fraction of sp³-hybridized carbons (Fsp3) is 0. The van der Waals surface area contributed by atoms with Crippen molar-refractivity contribution in [2.24, 2.45) is 0 Å². The van der Waals surface area contributed by atoms with Crippen molar-refractivity contribution < 1.29 is 0 Å². The van der Waals surface area contributed by atoms with Crippen molar-refractivity contribution in [1.29, 1.82) is 0 Å². The van der Waals surface area contributed by atoms with E-state index in [1.807, 2.05) is 164 Å². The molecule has 0 spiro atoms. The molecule has 10 aromatic rings. The maximum atomic E-state index is 4.91. The molecule has 9 nitrogen and oxygen atoms in total. The Morgan fingerprint density at radius 3 is 0.545 bits per heavy atom. The third-order valence-electron chi connectivity index (χ3n) is 10.0. The van der Waals surface area contributed by atoms with Gasteiger partial charge in [-0.05, 0) is 127 Å². The van der Waals surface area contributed by atoms with Crippen molar-refractivity contribution in [3.63, 3.8) is 0 Å². The molecule has 1 aromatic carbocycles. The summed E-state index contributed by atoms with van der Waals surface area (Å²) in [6, 6.07) is 52.0. The Labute approximate surface area is 381 Å². The Kier molecular flexibility index (Phi) is 11.7. The third-order valence-corrected chi connectivity index (χ3v) is 10.0. The molecule has 10 rings (SSSR count). The van der Waals surface area contributed by atoms with Crippen LogP contribution in [0.25, 0.3) is 68.3 Å². The van der Waals surface area contributed by atoms with Crippen LogP contribution in [0.1, 0.15) is 33.4 Å². The standard InChI is InChI=1S/C57H33N9/c1-7-25-58-46(13-1)52-34-43(35-53(64-52)47-14-2-8-26-59-47)22-19-40-31-41(20-23-44-36-54(48-15-3-9-27-60-48)65-55(37-44)49-16-4-10-28-61-49)33-42(32-40)21-24-45-38-56(50-17-5-11-29-62-50)66-57(39-45)51-18-6-12-30-63-51/h1-18,25-39H. The van der Waals surface area contributed by atoms with Gasteiger partial charge >= 0.3 is 0 Å². The number of pyridine rings is 9. The zero-order valence-electron chi connectivity index (χ0n) is 35.1. The van der Waals surface area contributed by atoms with Gasteiger partial charge in [0.1, 0.15) is 0 Å². The van der Waals surface area contributed by atoms with Crippen molar-refractivity contribution in [1.82, 2.24) is 44.9 Å². The van der Waals surface area contributed by atoms with Crippen molar-refractivity contribution in [2.75, 3.05) is 0 Å². The molecule has 9 aromatic heterocycles. The lowest BCUT2D eigenvalue weighted by molar-refractivity contribution is 1.21. The van der Waals surface area contributed by atoms with Crippen LogP contribution in [0.5, 0.6) is 0 Å². The first-order chi connectivity index (χ1) is 32.6. The molecule has 66 heavy (non-hydrogen) atoms. The molecule has 0 N–H and O–H groups in total. The Morgan fingerprint density at radius 1 is 0.197 bits per heavy atom. The Morgan fingerprint density at radius 2 is 0.379 bits per heavy atom. The van der Waals surface area contributed by atoms with Crippen LogP contribution in [-0.2, 0) is 0 Å². The predicted octanol–water partition coefficient (Wildman–Crippen LogP) is 10.4. The molecule has 0 unspecified atom stereocenters. The summed E-state index contributed by atoms with van der Waals surface area (Å²) in [4.78, 5) is 42.1. The van der Waals surface area contributed by atoms with Crippen molar-refractivity contribution in [3.05, 3.63) is 234 Å². The summed E-state index contributed by atoms with van der Waals surface area (Å²) in [7, 11) is 0. The number of hydrogen-bond acceptors (Lipinski definition) is 9. The molecule has 306 valence electrons. The number of rotatable bonds is 6. The van der Waals surface area contributed by atoms with Gasteiger partial charge in [-0.25, -0.2) is 15.0 Å². The van der Waals surface area contributed by atoms with E-state index in [2.05, 4.69) is 65.4 Å². The fourth-order valence-electron chi connectivity index (χ4n) is 6.96. The van der Waals surface area contributed by atoms with Gasteiger partial charge in [-0.1, -0.05) is 71.9 Å². The second-order valence-corrected chi connectivity index (χ2v) is 14.7. The molecule has 0 amide bonds. The topological polar surface area (TPSA) is 116 Å². The molecular formula is C57H33N9. The second-order valence-electron chi connectivity index (χ2n) is 14.7. The Hall–Kier alpha value is -9.75. The quantitative estimate of drug-likeness (QED) is 0.151. The molecule has 9 heteroatoms. The minimum Gasteiger partial charge on any atom is -0.255 e. The second kappa shape index (κ2) is 19.1. The van der Waals surface area contributed by atoms with Crippen LogP contribution >= 0.6 is 0 Å². The molecule has 0 aliphatic carbocycles. The van der Waals surface area contributed by atoms with Crippen LogP contribution in [-0.4, -0.2) is 44.9 Å². The van der Waals surface area contributed by atoms with Gasteiger partial charge in [0.25, 0.3) is 0 Å². The van der Waals surface area contributed by atoms with E-state index < -0.39 is 0 Å². The highest BCUT2D eigenvalue weighted by atomic mass is 14.8. The van der Waals surface area contributed by atoms with Gasteiger partial charge in [-0.3, -0.25) is 29.9 Å². The zero-order valence-corrected chi connectivity index (χ0v) is 35.1. The van der Waals surface area contributed by atoms with Crippen LogP contribution in [0, 0.1) is 35.5 Å². The summed E-state index contributed by atoms with van der Waals surface area (Å²) in [5, 5.41) is 0. The maximum absolute atomic E-state index is 4.91. The van der Waals surface area contributed by atoms with Crippen molar-refractivity contribution >= 4 is 0 Å². The summed E-state index contributed by atoms with van der Waals surface area (Å²) < 4.78 is 0. The average molecular weight is 844 g/mol. The largest absolute Gasteiger partial charge is 0.255 e. The molecule has 0 saturated heterocycles. The van der Waals surface area contributed by atoms with E-state index in [1.165, 1.54) is 0 Å². The Bertz CT molecular complexity index is 2960. The molecule has 0 bridgehead atoms. The lowest BCUT2D eigenvalue weighted by Gasteiger charge is -2.06. The number of hydrogen-bond donors (Lipinski definition) is 0. The monoisotopic (exact) mass is 843 g/mol. The van der Waals surface area contributed by atoms with E-state index in [0.29, 0.717) is 34.2 Å². The van der Waals surface area contributed by atoms with Gasteiger partial charge in [0.2, 0.25) is 0 Å². The van der Waals surface area contributed by atoms with E-state index in [9.17, 15) is 0 Å². The molecule has 0 atom stereocenters. The van der Waals surface area contributed by atoms with Crippen LogP contribution < -0.4 is 0 Å². The smallest absolute Gasteiger partial charge is 0.0906 e. The lowest BCUT2D eigenvalue weighted by Crippen LogP contribution is -1.94. The first kappa shape index (κ1) is 40.3. The highest BCUT2D eigenvalue weighted by molar-refractivity contribution is 5.69. The zero-order chi connectivity index (χ0) is 44.3. The van der Waals surface area contributed by atoms with Crippen LogP contribution in [0.15, 0.2) is 201 Å². The van der Waals surface area contributed by atoms with Crippen molar-refractivity contribution in [3.8, 4) is 104 Å². The minimum atomic E-state index is 0.689. The normalized spacial score (nSPS) is 10.4. The van der Waals surface area contributed by atoms with Crippen LogP contribution in [0.2, 0.25) is 0 Å². The third kappa shape index (κ3) is 9.81. The molecule has 9 heterocycles. The molecule has 0 radical (unpaired) electrons. The van der Waals surface area contributed by atoms with Gasteiger partial charge in [-0.15, -0.1) is 0 Å². The van der Waals surface area contributed by atoms with Crippen LogP contribution in [0.3, 0.4) is 0 Å².